The molecule has 8 nitrogen and oxygen atoms in total. The van der Waals surface area contributed by atoms with Crippen molar-refractivity contribution in [2.45, 2.75) is 11.1 Å². The van der Waals surface area contributed by atoms with Gasteiger partial charge in [-0.1, -0.05) is 6.07 Å². The van der Waals surface area contributed by atoms with Gasteiger partial charge in [0.15, 0.2) is 0 Å². The van der Waals surface area contributed by atoms with Crippen LogP contribution in [-0.4, -0.2) is 36.6 Å². The zero-order valence-electron chi connectivity index (χ0n) is 16.7. The van der Waals surface area contributed by atoms with Gasteiger partial charge in [-0.05, 0) is 48.5 Å². The lowest BCUT2D eigenvalue weighted by Crippen LogP contribution is -2.21. The number of carboxylic acid groups (broad SMARTS) is 1. The average molecular weight is 503 g/mol. The predicted octanol–water partition coefficient (Wildman–Crippen LogP) is 4.05. The summed E-state index contributed by atoms with van der Waals surface area (Å²) < 4.78 is 85.2. The number of hydrogen-bond donors (Lipinski definition) is 3. The first-order chi connectivity index (χ1) is 15.8. The Morgan fingerprint density at radius 2 is 1.56 bits per heavy atom. The van der Waals surface area contributed by atoms with Crippen LogP contribution in [0.5, 0.6) is 0 Å². The number of carbonyl (C=O) groups is 2. The van der Waals surface area contributed by atoms with Crippen LogP contribution in [0.15, 0.2) is 71.8 Å². The van der Waals surface area contributed by atoms with Crippen molar-refractivity contribution in [1.29, 1.82) is 0 Å². The second-order valence-electron chi connectivity index (χ2n) is 6.23. The van der Waals surface area contributed by atoms with Crippen LogP contribution in [0, 0.1) is 11.6 Å². The SMILES string of the molecule is O=C(Nc1ccc(S(=O)(=O)Nc2ccccn2)cc1)c1ccc(F)cc1F.O=C(O)C(F)(F)F. The highest BCUT2D eigenvalue weighted by Gasteiger charge is 2.38. The van der Waals surface area contributed by atoms with Gasteiger partial charge in [-0.15, -0.1) is 0 Å². The average Bonchev–Trinajstić information content (AvgIpc) is 2.74. The molecule has 1 heterocycles. The van der Waals surface area contributed by atoms with E-state index in [-0.39, 0.29) is 22.0 Å². The fourth-order valence-corrected chi connectivity index (χ4v) is 3.22. The third-order valence-corrected chi connectivity index (χ3v) is 5.12. The molecule has 0 saturated heterocycles. The summed E-state index contributed by atoms with van der Waals surface area (Å²) in [5.41, 5.74) is -0.0783. The molecular formula is C20H14F5N3O5S. The van der Waals surface area contributed by atoms with Gasteiger partial charge in [0.25, 0.3) is 15.9 Å². The number of aromatic nitrogens is 1. The van der Waals surface area contributed by atoms with Crippen LogP contribution in [-0.2, 0) is 14.8 Å². The van der Waals surface area contributed by atoms with Gasteiger partial charge in [-0.3, -0.25) is 9.52 Å². The molecule has 1 aromatic heterocycles. The number of sulfonamides is 1. The first-order valence-electron chi connectivity index (χ1n) is 8.90. The smallest absolute Gasteiger partial charge is 0.475 e. The Hall–Kier alpha value is -4.07. The molecule has 0 fully saturated rings. The molecule has 14 heteroatoms. The molecule has 0 aliphatic carbocycles. The molecule has 0 saturated carbocycles. The van der Waals surface area contributed by atoms with Crippen LogP contribution < -0.4 is 10.0 Å². The maximum absolute atomic E-state index is 13.6. The highest BCUT2D eigenvalue weighted by molar-refractivity contribution is 7.92. The Morgan fingerprint density at radius 3 is 2.06 bits per heavy atom. The van der Waals surface area contributed by atoms with Crippen LogP contribution in [0.25, 0.3) is 0 Å². The van der Waals surface area contributed by atoms with Crippen molar-refractivity contribution in [2.75, 3.05) is 10.0 Å². The van der Waals surface area contributed by atoms with Crippen molar-refractivity contribution in [3.63, 3.8) is 0 Å². The van der Waals surface area contributed by atoms with E-state index in [1.807, 2.05) is 0 Å². The van der Waals surface area contributed by atoms with Crippen molar-refractivity contribution in [1.82, 2.24) is 4.98 Å². The van der Waals surface area contributed by atoms with Gasteiger partial charge >= 0.3 is 12.1 Å². The normalized spacial score (nSPS) is 11.1. The standard InChI is InChI=1S/C18H13F2N3O3S.C2HF3O2/c19-12-4-9-15(16(20)11-12)18(24)22-13-5-7-14(8-6-13)27(25,26)23-17-3-1-2-10-21-17;3-2(4,5)1(6)7/h1-11H,(H,21,23)(H,22,24);(H,6,7). The van der Waals surface area contributed by atoms with Crippen molar-refractivity contribution in [3.05, 3.63) is 84.1 Å². The van der Waals surface area contributed by atoms with E-state index < -0.39 is 39.7 Å². The van der Waals surface area contributed by atoms with Gasteiger partial charge < -0.3 is 10.4 Å². The fourth-order valence-electron chi connectivity index (χ4n) is 2.21. The van der Waals surface area contributed by atoms with Crippen LogP contribution in [0.4, 0.5) is 33.5 Å². The number of amides is 1. The van der Waals surface area contributed by atoms with Crippen LogP contribution in [0.3, 0.4) is 0 Å². The summed E-state index contributed by atoms with van der Waals surface area (Å²) in [5, 5.41) is 9.54. The van der Waals surface area contributed by atoms with Gasteiger partial charge in [-0.25, -0.2) is 27.0 Å². The van der Waals surface area contributed by atoms with Crippen LogP contribution in [0.2, 0.25) is 0 Å². The number of carbonyl (C=O) groups excluding carboxylic acids is 1. The Morgan fingerprint density at radius 1 is 0.941 bits per heavy atom. The summed E-state index contributed by atoms with van der Waals surface area (Å²) in [6.07, 6.45) is -3.63. The number of alkyl halides is 3. The number of halogens is 5. The van der Waals surface area contributed by atoms with Crippen molar-refractivity contribution in [2.24, 2.45) is 0 Å². The molecule has 3 N–H and O–H groups in total. The number of benzene rings is 2. The number of aliphatic carboxylic acids is 1. The molecule has 180 valence electrons. The zero-order valence-corrected chi connectivity index (χ0v) is 17.5. The molecule has 3 rings (SSSR count). The predicted molar refractivity (Wildman–Crippen MR) is 109 cm³/mol. The fraction of sp³-hybridized carbons (Fsp3) is 0.0500. The summed E-state index contributed by atoms with van der Waals surface area (Å²) >= 11 is 0. The van der Waals surface area contributed by atoms with Crippen molar-refractivity contribution < 1.29 is 45.1 Å². The third-order valence-electron chi connectivity index (χ3n) is 3.74. The number of pyridine rings is 1. The minimum absolute atomic E-state index is 0.0425. The first kappa shape index (κ1) is 26.2. The van der Waals surface area contributed by atoms with Crippen molar-refractivity contribution in [3.8, 4) is 0 Å². The lowest BCUT2D eigenvalue weighted by Gasteiger charge is -2.09. The number of nitrogens with one attached hydrogen (secondary N) is 2. The van der Waals surface area contributed by atoms with E-state index in [9.17, 15) is 35.2 Å². The third kappa shape index (κ3) is 7.51. The molecule has 34 heavy (non-hydrogen) atoms. The van der Waals surface area contributed by atoms with E-state index in [1.165, 1.54) is 36.5 Å². The highest BCUT2D eigenvalue weighted by atomic mass is 32.2. The lowest BCUT2D eigenvalue weighted by atomic mass is 10.2. The summed E-state index contributed by atoms with van der Waals surface area (Å²) in [6.45, 7) is 0. The van der Waals surface area contributed by atoms with Gasteiger partial charge in [0.1, 0.15) is 17.5 Å². The largest absolute Gasteiger partial charge is 0.490 e. The monoisotopic (exact) mass is 503 g/mol. The molecule has 0 atom stereocenters. The number of carboxylic acids is 1. The molecule has 3 aromatic rings. The molecule has 0 bridgehead atoms. The summed E-state index contributed by atoms with van der Waals surface area (Å²) in [6, 6.07) is 12.7. The van der Waals surface area contributed by atoms with Gasteiger partial charge in [-0.2, -0.15) is 13.2 Å². The topological polar surface area (TPSA) is 125 Å². The number of rotatable bonds is 5. The Bertz CT molecular complexity index is 1270. The first-order valence-corrected chi connectivity index (χ1v) is 10.4. The van der Waals surface area contributed by atoms with E-state index in [0.717, 1.165) is 12.1 Å². The summed E-state index contributed by atoms with van der Waals surface area (Å²) in [7, 11) is -3.85. The minimum atomic E-state index is -5.08. The number of hydrogen-bond acceptors (Lipinski definition) is 5. The van der Waals surface area contributed by atoms with Gasteiger partial charge in [0.2, 0.25) is 0 Å². The lowest BCUT2D eigenvalue weighted by molar-refractivity contribution is -0.192. The van der Waals surface area contributed by atoms with Crippen molar-refractivity contribution >= 4 is 33.4 Å². The number of anilines is 2. The molecule has 1 amide bonds. The molecule has 0 aliphatic rings. The van der Waals surface area contributed by atoms with Gasteiger partial charge in [0, 0.05) is 18.0 Å². The molecule has 0 spiro atoms. The minimum Gasteiger partial charge on any atom is -0.475 e. The van der Waals surface area contributed by atoms with E-state index in [0.29, 0.717) is 6.07 Å². The maximum Gasteiger partial charge on any atom is 0.490 e. The maximum atomic E-state index is 13.6. The molecule has 0 unspecified atom stereocenters. The quantitative estimate of drug-likeness (QED) is 0.451. The second-order valence-corrected chi connectivity index (χ2v) is 7.91. The summed E-state index contributed by atoms with van der Waals surface area (Å²) in [5.74, 6) is -5.16. The van der Waals surface area contributed by atoms with E-state index in [2.05, 4.69) is 15.0 Å². The van der Waals surface area contributed by atoms with Gasteiger partial charge in [0.05, 0.1) is 10.5 Å². The van der Waals surface area contributed by atoms with E-state index in [4.69, 9.17) is 9.90 Å². The highest BCUT2D eigenvalue weighted by Crippen LogP contribution is 2.18. The second kappa shape index (κ2) is 10.7. The molecule has 0 radical (unpaired) electrons. The van der Waals surface area contributed by atoms with Crippen LogP contribution >= 0.6 is 0 Å². The Balaban J connectivity index is 0.000000509. The Kier molecular flexibility index (Phi) is 8.24. The summed E-state index contributed by atoms with van der Waals surface area (Å²) in [4.78, 5) is 24.8. The van der Waals surface area contributed by atoms with E-state index >= 15 is 0 Å². The molecule has 2 aromatic carbocycles. The van der Waals surface area contributed by atoms with E-state index in [1.54, 1.807) is 12.1 Å². The van der Waals surface area contributed by atoms with Crippen LogP contribution in [0.1, 0.15) is 10.4 Å². The number of nitrogens with zero attached hydrogens (tertiary/aromatic N) is 1. The molecule has 0 aliphatic heterocycles. The zero-order chi connectivity index (χ0) is 25.5. The molecular weight excluding hydrogens is 489 g/mol. The Labute approximate surface area is 189 Å².